The smallest absolute Gasteiger partial charge is 0.235 e. The lowest BCUT2D eigenvalue weighted by Gasteiger charge is -2.53. The van der Waals surface area contributed by atoms with Crippen LogP contribution in [0.1, 0.15) is 31.0 Å². The molecular weight excluding hydrogens is 461 g/mol. The van der Waals surface area contributed by atoms with Crippen LogP contribution in [0.25, 0.3) is 0 Å². The second-order valence-corrected chi connectivity index (χ2v) is 8.90. The predicted molar refractivity (Wildman–Crippen MR) is 122 cm³/mol. The summed E-state index contributed by atoms with van der Waals surface area (Å²) in [5.74, 6) is 0.654. The van der Waals surface area contributed by atoms with Crippen molar-refractivity contribution in [1.29, 1.82) is 0 Å². The van der Waals surface area contributed by atoms with Crippen molar-refractivity contribution in [2.75, 3.05) is 12.0 Å². The molecule has 0 bridgehead atoms. The first-order valence-corrected chi connectivity index (χ1v) is 10.8. The fraction of sp³-hybridized carbons (Fsp3) is 0.240. The van der Waals surface area contributed by atoms with Crippen LogP contribution in [0.15, 0.2) is 71.2 Å². The molecule has 0 aromatic heterocycles. The Balaban J connectivity index is 1.73. The van der Waals surface area contributed by atoms with E-state index in [-0.39, 0.29) is 5.91 Å². The number of anilines is 1. The minimum absolute atomic E-state index is 0.0568. The highest BCUT2D eigenvalue weighted by Gasteiger charge is 2.57. The molecule has 1 unspecified atom stereocenters. The number of nitrogens with zero attached hydrogens (tertiary/aromatic N) is 1. The van der Waals surface area contributed by atoms with Gasteiger partial charge in [-0.25, -0.2) is 4.39 Å². The van der Waals surface area contributed by atoms with Gasteiger partial charge in [-0.05, 0) is 59.6 Å². The third-order valence-electron chi connectivity index (χ3n) is 5.64. The highest BCUT2D eigenvalue weighted by molar-refractivity contribution is 9.10. The molecule has 160 valence electrons. The number of carbonyl (C=O) groups excluding carboxylic acids is 1. The second-order valence-electron chi connectivity index (χ2n) is 8.05. The third-order valence-corrected chi connectivity index (χ3v) is 6.25. The van der Waals surface area contributed by atoms with Crippen molar-refractivity contribution in [2.45, 2.75) is 26.5 Å². The van der Waals surface area contributed by atoms with Crippen LogP contribution in [0, 0.1) is 11.2 Å². The summed E-state index contributed by atoms with van der Waals surface area (Å²) in [4.78, 5) is 14.8. The van der Waals surface area contributed by atoms with Gasteiger partial charge in [0, 0.05) is 5.56 Å². The van der Waals surface area contributed by atoms with Gasteiger partial charge in [-0.1, -0.05) is 42.5 Å². The Morgan fingerprint density at radius 2 is 1.71 bits per heavy atom. The van der Waals surface area contributed by atoms with Gasteiger partial charge >= 0.3 is 0 Å². The summed E-state index contributed by atoms with van der Waals surface area (Å²) in [6.07, 6.45) is 0. The molecule has 1 saturated heterocycles. The lowest BCUT2D eigenvalue weighted by atomic mass is 9.70. The molecule has 1 fully saturated rings. The summed E-state index contributed by atoms with van der Waals surface area (Å²) in [6.45, 7) is 4.11. The monoisotopic (exact) mass is 483 g/mol. The molecular formula is C25H23BrFNO3. The van der Waals surface area contributed by atoms with E-state index in [2.05, 4.69) is 15.9 Å². The summed E-state index contributed by atoms with van der Waals surface area (Å²) in [5.41, 5.74) is 1.57. The number of carbonyl (C=O) groups is 1. The Bertz CT molecular complexity index is 1120. The maximum absolute atomic E-state index is 14.5. The molecule has 1 amide bonds. The maximum Gasteiger partial charge on any atom is 0.235 e. The molecule has 31 heavy (non-hydrogen) atoms. The van der Waals surface area contributed by atoms with E-state index in [9.17, 15) is 9.18 Å². The Hall–Kier alpha value is -2.86. The zero-order valence-corrected chi connectivity index (χ0v) is 19.1. The average molecular weight is 484 g/mol. The SMILES string of the molecule is COc1cc(Br)c(F)cc1C1N(c2ccccc2OCc2ccccc2)C(=O)C1(C)C. The molecule has 4 nitrogen and oxygen atoms in total. The zero-order chi connectivity index (χ0) is 22.2. The molecule has 0 aliphatic carbocycles. The molecule has 1 aliphatic rings. The number of halogens is 2. The fourth-order valence-corrected chi connectivity index (χ4v) is 4.35. The molecule has 0 radical (unpaired) electrons. The van der Waals surface area contributed by atoms with E-state index in [1.807, 2.05) is 68.4 Å². The number of ether oxygens (including phenoxy) is 2. The molecule has 0 N–H and O–H groups in total. The van der Waals surface area contributed by atoms with Crippen LogP contribution in [0.3, 0.4) is 0 Å². The van der Waals surface area contributed by atoms with E-state index >= 15 is 0 Å². The molecule has 3 aromatic rings. The van der Waals surface area contributed by atoms with Gasteiger partial charge in [0.2, 0.25) is 5.91 Å². The molecule has 6 heteroatoms. The van der Waals surface area contributed by atoms with E-state index in [0.717, 1.165) is 5.56 Å². The van der Waals surface area contributed by atoms with Crippen molar-refractivity contribution < 1.29 is 18.7 Å². The minimum atomic E-state index is -0.722. The van der Waals surface area contributed by atoms with Crippen LogP contribution in [-0.4, -0.2) is 13.0 Å². The number of hydrogen-bond donors (Lipinski definition) is 0. The van der Waals surface area contributed by atoms with Gasteiger partial charge < -0.3 is 9.47 Å². The molecule has 1 atom stereocenters. The van der Waals surface area contributed by atoms with Crippen molar-refractivity contribution in [2.24, 2.45) is 5.41 Å². The van der Waals surface area contributed by atoms with E-state index in [0.29, 0.717) is 33.8 Å². The van der Waals surface area contributed by atoms with Crippen LogP contribution in [0.2, 0.25) is 0 Å². The number of hydrogen-bond acceptors (Lipinski definition) is 3. The lowest BCUT2D eigenvalue weighted by Crippen LogP contribution is -2.61. The summed E-state index contributed by atoms with van der Waals surface area (Å²) >= 11 is 3.21. The predicted octanol–water partition coefficient (Wildman–Crippen LogP) is 6.29. The summed E-state index contributed by atoms with van der Waals surface area (Å²) in [7, 11) is 1.54. The zero-order valence-electron chi connectivity index (χ0n) is 17.6. The van der Waals surface area contributed by atoms with Crippen LogP contribution in [-0.2, 0) is 11.4 Å². The Morgan fingerprint density at radius 3 is 2.42 bits per heavy atom. The quantitative estimate of drug-likeness (QED) is 0.386. The van der Waals surface area contributed by atoms with Crippen LogP contribution >= 0.6 is 15.9 Å². The van der Waals surface area contributed by atoms with Gasteiger partial charge in [-0.2, -0.15) is 0 Å². The normalized spacial score (nSPS) is 17.3. The van der Waals surface area contributed by atoms with Crippen molar-refractivity contribution in [1.82, 2.24) is 0 Å². The average Bonchev–Trinajstić information content (AvgIpc) is 2.78. The van der Waals surface area contributed by atoms with Gasteiger partial charge in [0.05, 0.1) is 28.7 Å². The first-order valence-electron chi connectivity index (χ1n) is 9.97. The Labute approximate surface area is 189 Å². The number of para-hydroxylation sites is 2. The van der Waals surface area contributed by atoms with Gasteiger partial charge in [-0.3, -0.25) is 9.69 Å². The number of rotatable bonds is 6. The van der Waals surface area contributed by atoms with Gasteiger partial charge in [-0.15, -0.1) is 0 Å². The molecule has 1 aliphatic heterocycles. The number of β-lactam (4-membered cyclic amide) rings is 1. The number of amides is 1. The van der Waals surface area contributed by atoms with Crippen molar-refractivity contribution in [3.05, 3.63) is 88.1 Å². The molecule has 4 rings (SSSR count). The Morgan fingerprint density at radius 1 is 1.03 bits per heavy atom. The van der Waals surface area contributed by atoms with Gasteiger partial charge in [0.15, 0.2) is 0 Å². The molecule has 1 heterocycles. The highest BCUT2D eigenvalue weighted by Crippen LogP contribution is 2.55. The lowest BCUT2D eigenvalue weighted by molar-refractivity contribution is -0.137. The van der Waals surface area contributed by atoms with E-state index in [4.69, 9.17) is 9.47 Å². The van der Waals surface area contributed by atoms with Crippen molar-refractivity contribution in [3.63, 3.8) is 0 Å². The fourth-order valence-electron chi connectivity index (χ4n) is 4.03. The van der Waals surface area contributed by atoms with E-state index < -0.39 is 17.3 Å². The first-order chi connectivity index (χ1) is 14.8. The van der Waals surface area contributed by atoms with Crippen LogP contribution in [0.4, 0.5) is 10.1 Å². The van der Waals surface area contributed by atoms with Gasteiger partial charge in [0.1, 0.15) is 23.9 Å². The second kappa shape index (κ2) is 8.35. The summed E-state index contributed by atoms with van der Waals surface area (Å²) in [6, 6.07) is 19.9. The number of methoxy groups -OCH3 is 1. The summed E-state index contributed by atoms with van der Waals surface area (Å²) in [5, 5.41) is 0. The first kappa shape index (κ1) is 21.4. The Kier molecular flexibility index (Phi) is 5.75. The third kappa shape index (κ3) is 3.81. The molecule has 0 spiro atoms. The topological polar surface area (TPSA) is 38.8 Å². The maximum atomic E-state index is 14.5. The summed E-state index contributed by atoms with van der Waals surface area (Å²) < 4.78 is 26.4. The standard InChI is InChI=1S/C25H23BrFNO3/c1-25(2)23(17-13-19(27)18(26)14-22(17)30-3)28(24(25)29)20-11-7-8-12-21(20)31-15-16-9-5-4-6-10-16/h4-14,23H,15H2,1-3H3. The largest absolute Gasteiger partial charge is 0.496 e. The van der Waals surface area contributed by atoms with Gasteiger partial charge in [0.25, 0.3) is 0 Å². The van der Waals surface area contributed by atoms with Crippen molar-refractivity contribution in [3.8, 4) is 11.5 Å². The molecule has 3 aromatic carbocycles. The molecule has 0 saturated carbocycles. The van der Waals surface area contributed by atoms with Crippen LogP contribution < -0.4 is 14.4 Å². The van der Waals surface area contributed by atoms with E-state index in [1.54, 1.807) is 11.0 Å². The van der Waals surface area contributed by atoms with E-state index in [1.165, 1.54) is 13.2 Å². The van der Waals surface area contributed by atoms with Crippen LogP contribution in [0.5, 0.6) is 11.5 Å². The number of benzene rings is 3. The minimum Gasteiger partial charge on any atom is -0.496 e. The highest BCUT2D eigenvalue weighted by atomic mass is 79.9. The van der Waals surface area contributed by atoms with Crippen molar-refractivity contribution >= 4 is 27.5 Å².